The zero-order chi connectivity index (χ0) is 21.7. The Labute approximate surface area is 187 Å². The molecule has 1 N–H and O–H groups in total. The normalized spacial score (nSPS) is 11.1. The highest BCUT2D eigenvalue weighted by Gasteiger charge is 2.10. The Morgan fingerprint density at radius 2 is 1.65 bits per heavy atom. The summed E-state index contributed by atoms with van der Waals surface area (Å²) >= 11 is 0. The number of hydrogen-bond acceptors (Lipinski definition) is 2. The van der Waals surface area contributed by atoms with Gasteiger partial charge in [0.15, 0.2) is 0 Å². The van der Waals surface area contributed by atoms with Crippen LogP contribution in [-0.4, -0.2) is 22.0 Å². The number of imidazole rings is 1. The maximum Gasteiger partial charge on any atom is 0.220 e. The van der Waals surface area contributed by atoms with Crippen LogP contribution in [0.4, 0.5) is 0 Å². The van der Waals surface area contributed by atoms with E-state index in [1.54, 1.807) is 0 Å². The molecule has 0 unspecified atom stereocenters. The molecule has 0 saturated carbocycles. The smallest absolute Gasteiger partial charge is 0.220 e. The molecule has 3 aromatic rings. The highest BCUT2D eigenvalue weighted by atomic mass is 16.1. The first kappa shape index (κ1) is 23.1. The van der Waals surface area contributed by atoms with Crippen molar-refractivity contribution in [3.63, 3.8) is 0 Å². The van der Waals surface area contributed by atoms with E-state index in [4.69, 9.17) is 4.98 Å². The molecule has 166 valence electrons. The van der Waals surface area contributed by atoms with Crippen LogP contribution in [0.1, 0.15) is 69.7 Å². The average Bonchev–Trinajstić information content (AvgIpc) is 3.15. The molecule has 0 spiro atoms. The SMILES string of the molecule is CCCCCCn1c(CCCCCNC(=O)CCc2ccccc2)nc2ccccc21. The number of hydrogen-bond donors (Lipinski definition) is 1. The summed E-state index contributed by atoms with van der Waals surface area (Å²) in [5.41, 5.74) is 3.59. The number of rotatable bonds is 14. The van der Waals surface area contributed by atoms with Crippen molar-refractivity contribution in [2.45, 2.75) is 77.7 Å². The van der Waals surface area contributed by atoms with Crippen LogP contribution in [-0.2, 0) is 24.2 Å². The molecule has 1 heterocycles. The first-order chi connectivity index (χ1) is 15.3. The van der Waals surface area contributed by atoms with E-state index in [1.807, 2.05) is 18.2 Å². The van der Waals surface area contributed by atoms with Crippen LogP contribution in [0.2, 0.25) is 0 Å². The Bertz CT molecular complexity index is 917. The molecule has 0 saturated heterocycles. The van der Waals surface area contributed by atoms with Crippen LogP contribution >= 0.6 is 0 Å². The van der Waals surface area contributed by atoms with Gasteiger partial charge in [-0.15, -0.1) is 0 Å². The van der Waals surface area contributed by atoms with E-state index in [0.29, 0.717) is 6.42 Å². The number of nitrogens with zero attached hydrogens (tertiary/aromatic N) is 2. The first-order valence-electron chi connectivity index (χ1n) is 12.0. The quantitative estimate of drug-likeness (QED) is 0.322. The minimum Gasteiger partial charge on any atom is -0.356 e. The number of carbonyl (C=O) groups excluding carboxylic acids is 1. The predicted octanol–water partition coefficient (Wildman–Crippen LogP) is 6.08. The van der Waals surface area contributed by atoms with Gasteiger partial charge in [0, 0.05) is 25.9 Å². The molecule has 0 atom stereocenters. The van der Waals surface area contributed by atoms with Crippen molar-refractivity contribution in [2.75, 3.05) is 6.54 Å². The summed E-state index contributed by atoms with van der Waals surface area (Å²) in [4.78, 5) is 16.9. The zero-order valence-electron chi connectivity index (χ0n) is 19.0. The number of aromatic nitrogens is 2. The Kier molecular flexibility index (Phi) is 9.62. The van der Waals surface area contributed by atoms with Crippen LogP contribution in [0, 0.1) is 0 Å². The summed E-state index contributed by atoms with van der Waals surface area (Å²) in [7, 11) is 0. The molecular formula is C27H37N3O. The second-order valence-corrected chi connectivity index (χ2v) is 8.38. The van der Waals surface area contributed by atoms with Gasteiger partial charge in [-0.2, -0.15) is 0 Å². The minimum absolute atomic E-state index is 0.151. The molecule has 4 heteroatoms. The number of para-hydroxylation sites is 2. The molecule has 31 heavy (non-hydrogen) atoms. The van der Waals surface area contributed by atoms with E-state index in [-0.39, 0.29) is 5.91 Å². The van der Waals surface area contributed by atoms with Gasteiger partial charge in [0.05, 0.1) is 11.0 Å². The predicted molar refractivity (Wildman–Crippen MR) is 129 cm³/mol. The van der Waals surface area contributed by atoms with Crippen molar-refractivity contribution >= 4 is 16.9 Å². The molecule has 1 amide bonds. The highest BCUT2D eigenvalue weighted by molar-refractivity contribution is 5.76. The number of aryl methyl sites for hydroxylation is 3. The van der Waals surface area contributed by atoms with Crippen molar-refractivity contribution in [3.05, 3.63) is 66.0 Å². The summed E-state index contributed by atoms with van der Waals surface area (Å²) < 4.78 is 2.43. The Balaban J connectivity index is 1.37. The maximum absolute atomic E-state index is 12.0. The topological polar surface area (TPSA) is 46.9 Å². The Hall–Kier alpha value is -2.62. The van der Waals surface area contributed by atoms with Gasteiger partial charge in [-0.3, -0.25) is 4.79 Å². The van der Waals surface area contributed by atoms with Gasteiger partial charge in [-0.05, 0) is 43.4 Å². The molecule has 0 bridgehead atoms. The first-order valence-corrected chi connectivity index (χ1v) is 12.0. The second-order valence-electron chi connectivity index (χ2n) is 8.38. The third kappa shape index (κ3) is 7.54. The summed E-state index contributed by atoms with van der Waals surface area (Å²) in [6.07, 6.45) is 10.7. The molecule has 0 aliphatic rings. The lowest BCUT2D eigenvalue weighted by Gasteiger charge is -2.09. The fourth-order valence-corrected chi connectivity index (χ4v) is 4.07. The lowest BCUT2D eigenvalue weighted by molar-refractivity contribution is -0.121. The van der Waals surface area contributed by atoms with Crippen molar-refractivity contribution in [1.82, 2.24) is 14.9 Å². The van der Waals surface area contributed by atoms with E-state index in [9.17, 15) is 4.79 Å². The maximum atomic E-state index is 12.0. The van der Waals surface area contributed by atoms with Gasteiger partial charge in [0.1, 0.15) is 5.82 Å². The monoisotopic (exact) mass is 419 g/mol. The second kappa shape index (κ2) is 12.9. The van der Waals surface area contributed by atoms with Crippen LogP contribution in [0.15, 0.2) is 54.6 Å². The van der Waals surface area contributed by atoms with Crippen molar-refractivity contribution < 1.29 is 4.79 Å². The lowest BCUT2D eigenvalue weighted by Crippen LogP contribution is -2.24. The van der Waals surface area contributed by atoms with Gasteiger partial charge in [-0.1, -0.05) is 75.1 Å². The van der Waals surface area contributed by atoms with E-state index >= 15 is 0 Å². The van der Waals surface area contributed by atoms with Crippen molar-refractivity contribution in [1.29, 1.82) is 0 Å². The van der Waals surface area contributed by atoms with Crippen LogP contribution in [0.5, 0.6) is 0 Å². The lowest BCUT2D eigenvalue weighted by atomic mass is 10.1. The third-order valence-corrected chi connectivity index (χ3v) is 5.85. The van der Waals surface area contributed by atoms with E-state index in [0.717, 1.165) is 50.7 Å². The number of amides is 1. The fraction of sp³-hybridized carbons (Fsp3) is 0.481. The standard InChI is InChI=1S/C27H37N3O/c1-2-3-4-13-22-30-25-17-11-10-16-24(25)29-26(30)18-9-6-12-21-28-27(31)20-19-23-14-7-5-8-15-23/h5,7-8,10-11,14-17H,2-4,6,9,12-13,18-22H2,1H3,(H,28,31). The summed E-state index contributed by atoms with van der Waals surface area (Å²) in [5, 5.41) is 3.06. The van der Waals surface area contributed by atoms with Gasteiger partial charge in [-0.25, -0.2) is 4.98 Å². The zero-order valence-corrected chi connectivity index (χ0v) is 19.0. The Morgan fingerprint density at radius 1 is 0.871 bits per heavy atom. The Morgan fingerprint density at radius 3 is 2.48 bits per heavy atom. The minimum atomic E-state index is 0.151. The molecule has 1 aromatic heterocycles. The van der Waals surface area contributed by atoms with Gasteiger partial charge in [0.25, 0.3) is 0 Å². The van der Waals surface area contributed by atoms with Gasteiger partial charge >= 0.3 is 0 Å². The molecule has 2 aromatic carbocycles. The highest BCUT2D eigenvalue weighted by Crippen LogP contribution is 2.19. The molecule has 3 rings (SSSR count). The number of unbranched alkanes of at least 4 members (excludes halogenated alkanes) is 5. The number of fused-ring (bicyclic) bond motifs is 1. The molecule has 0 aliphatic heterocycles. The number of benzene rings is 2. The summed E-state index contributed by atoms with van der Waals surface area (Å²) in [5.74, 6) is 1.36. The molecular weight excluding hydrogens is 382 g/mol. The van der Waals surface area contributed by atoms with Gasteiger partial charge in [0.2, 0.25) is 5.91 Å². The molecule has 4 nitrogen and oxygen atoms in total. The van der Waals surface area contributed by atoms with Crippen molar-refractivity contribution in [3.8, 4) is 0 Å². The largest absolute Gasteiger partial charge is 0.356 e. The molecule has 0 radical (unpaired) electrons. The van der Waals surface area contributed by atoms with Crippen LogP contribution in [0.3, 0.4) is 0 Å². The summed E-state index contributed by atoms with van der Waals surface area (Å²) in [6.45, 7) is 4.08. The van der Waals surface area contributed by atoms with E-state index < -0.39 is 0 Å². The van der Waals surface area contributed by atoms with Crippen molar-refractivity contribution in [2.24, 2.45) is 0 Å². The van der Waals surface area contributed by atoms with E-state index in [2.05, 4.69) is 53.2 Å². The van der Waals surface area contributed by atoms with Crippen LogP contribution in [0.25, 0.3) is 11.0 Å². The average molecular weight is 420 g/mol. The number of nitrogens with one attached hydrogen (secondary N) is 1. The number of carbonyl (C=O) groups is 1. The van der Waals surface area contributed by atoms with E-state index in [1.165, 1.54) is 42.6 Å². The fourth-order valence-electron chi connectivity index (χ4n) is 4.07. The summed E-state index contributed by atoms with van der Waals surface area (Å²) in [6, 6.07) is 18.7. The molecule has 0 aliphatic carbocycles. The third-order valence-electron chi connectivity index (χ3n) is 5.85. The molecule has 0 fully saturated rings. The van der Waals surface area contributed by atoms with Gasteiger partial charge < -0.3 is 9.88 Å². The van der Waals surface area contributed by atoms with Crippen LogP contribution < -0.4 is 5.32 Å².